The van der Waals surface area contributed by atoms with Crippen molar-refractivity contribution in [2.45, 2.75) is 44.6 Å². The minimum atomic E-state index is -0.719. The van der Waals surface area contributed by atoms with E-state index in [-0.39, 0.29) is 22.4 Å². The summed E-state index contributed by atoms with van der Waals surface area (Å²) in [4.78, 5) is 21.9. The van der Waals surface area contributed by atoms with E-state index in [0.717, 1.165) is 30.6 Å². The Kier molecular flexibility index (Phi) is 6.42. The first-order valence-electron chi connectivity index (χ1n) is 11.8. The minimum Gasteiger partial charge on any atom is -0.381 e. The van der Waals surface area contributed by atoms with Crippen LogP contribution >= 0.6 is 0 Å². The molecule has 1 saturated carbocycles. The van der Waals surface area contributed by atoms with Crippen LogP contribution < -0.4 is 5.56 Å². The highest BCUT2D eigenvalue weighted by molar-refractivity contribution is 5.92. The van der Waals surface area contributed by atoms with Gasteiger partial charge in [0.15, 0.2) is 5.65 Å². The van der Waals surface area contributed by atoms with Crippen LogP contribution in [-0.2, 0) is 11.8 Å². The number of pyridine rings is 1. The van der Waals surface area contributed by atoms with Gasteiger partial charge in [-0.05, 0) is 56.9 Å². The Bertz CT molecular complexity index is 1410. The molecule has 1 aliphatic heterocycles. The zero-order valence-corrected chi connectivity index (χ0v) is 19.7. The molecular weight excluding hydrogens is 452 g/mol. The molecule has 7 nitrogen and oxygen atoms in total. The number of aromatic nitrogens is 5. The predicted molar refractivity (Wildman–Crippen MR) is 128 cm³/mol. The second-order valence-corrected chi connectivity index (χ2v) is 9.04. The molecule has 1 aromatic carbocycles. The van der Waals surface area contributed by atoms with Crippen LogP contribution in [0.1, 0.15) is 49.2 Å². The van der Waals surface area contributed by atoms with Crippen LogP contribution in [0, 0.1) is 18.6 Å². The van der Waals surface area contributed by atoms with Crippen LogP contribution in [0.25, 0.3) is 22.2 Å². The minimum absolute atomic E-state index is 0.150. The normalized spacial score (nSPS) is 16.2. The van der Waals surface area contributed by atoms with Crippen molar-refractivity contribution < 1.29 is 13.5 Å². The van der Waals surface area contributed by atoms with E-state index in [2.05, 4.69) is 15.1 Å². The quantitative estimate of drug-likeness (QED) is 0.426. The van der Waals surface area contributed by atoms with Crippen molar-refractivity contribution in [3.8, 4) is 11.1 Å². The first-order valence-corrected chi connectivity index (χ1v) is 11.8. The molecule has 182 valence electrons. The maximum atomic E-state index is 14.5. The van der Waals surface area contributed by atoms with E-state index < -0.39 is 11.6 Å². The molecule has 2 aliphatic rings. The number of rotatable bonds is 3. The zero-order valence-electron chi connectivity index (χ0n) is 19.7. The van der Waals surface area contributed by atoms with Crippen LogP contribution in [-0.4, -0.2) is 37.5 Å². The van der Waals surface area contributed by atoms with Gasteiger partial charge in [0.1, 0.15) is 17.5 Å². The van der Waals surface area contributed by atoms with Gasteiger partial charge in [-0.15, -0.1) is 0 Å². The Morgan fingerprint density at radius 2 is 1.80 bits per heavy atom. The third-order valence-electron chi connectivity index (χ3n) is 6.60. The van der Waals surface area contributed by atoms with E-state index >= 15 is 0 Å². The first-order chi connectivity index (χ1) is 16.9. The Labute approximate surface area is 201 Å². The fourth-order valence-electron chi connectivity index (χ4n) is 4.34. The summed E-state index contributed by atoms with van der Waals surface area (Å²) in [6.45, 7) is 2.99. The van der Waals surface area contributed by atoms with Gasteiger partial charge in [0.25, 0.3) is 5.56 Å². The molecule has 35 heavy (non-hydrogen) atoms. The van der Waals surface area contributed by atoms with Crippen LogP contribution in [0.2, 0.25) is 0 Å². The van der Waals surface area contributed by atoms with E-state index in [9.17, 15) is 13.6 Å². The number of fused-ring (bicyclic) bond motifs is 1. The molecule has 0 atom stereocenters. The fourth-order valence-corrected chi connectivity index (χ4v) is 4.34. The smallest absolute Gasteiger partial charge is 0.263 e. The first kappa shape index (κ1) is 23.3. The number of hydrogen-bond donors (Lipinski definition) is 0. The van der Waals surface area contributed by atoms with Crippen LogP contribution in [0.5, 0.6) is 0 Å². The number of nitrogens with zero attached hydrogens (tertiary/aromatic N) is 5. The molecule has 1 saturated heterocycles. The lowest BCUT2D eigenvalue weighted by molar-refractivity contribution is 0.0845. The maximum absolute atomic E-state index is 14.5. The van der Waals surface area contributed by atoms with Crippen molar-refractivity contribution in [3.63, 3.8) is 0 Å². The second kappa shape index (κ2) is 9.65. The molecule has 0 unspecified atom stereocenters. The Morgan fingerprint density at radius 3 is 2.46 bits per heavy atom. The summed E-state index contributed by atoms with van der Waals surface area (Å²) < 4.78 is 36.8. The summed E-state index contributed by atoms with van der Waals surface area (Å²) in [6, 6.07) is 7.81. The van der Waals surface area contributed by atoms with Crippen molar-refractivity contribution in [2.24, 2.45) is 7.05 Å². The predicted octanol–water partition coefficient (Wildman–Crippen LogP) is 4.69. The lowest BCUT2D eigenvalue weighted by atomic mass is 9.92. The number of benzene rings is 1. The highest BCUT2D eigenvalue weighted by atomic mass is 19.1. The third-order valence-corrected chi connectivity index (χ3v) is 6.60. The molecule has 4 aromatic rings. The summed E-state index contributed by atoms with van der Waals surface area (Å²) in [5, 5.41) is 4.34. The van der Waals surface area contributed by atoms with Gasteiger partial charge in [0.2, 0.25) is 0 Å². The Hall–Kier alpha value is -3.46. The molecule has 6 rings (SSSR count). The van der Waals surface area contributed by atoms with E-state index in [1.54, 1.807) is 20.0 Å². The van der Waals surface area contributed by atoms with Crippen LogP contribution in [0.15, 0.2) is 47.5 Å². The highest BCUT2D eigenvalue weighted by Gasteiger charge is 2.24. The lowest BCUT2D eigenvalue weighted by Gasteiger charge is -2.22. The molecule has 0 bridgehead atoms. The standard InChI is InChI=1S/C20H19F2N3O2.C6H8N2/c1-11-23-19-18(20(26)25(11)2)15(14-4-3-13(21)9-16(14)22)10-17(24-19)12-5-7-27-8-6-12;1-4-7-8(5-1)6-2-3-6/h3-4,9-10,12H,5-8H2,1-2H3;1,4-6H,2-3H2. The van der Waals surface area contributed by atoms with E-state index in [0.29, 0.717) is 30.2 Å². The second-order valence-electron chi connectivity index (χ2n) is 9.04. The average Bonchev–Trinajstić information content (AvgIpc) is 3.56. The third kappa shape index (κ3) is 4.86. The molecule has 2 fully saturated rings. The summed E-state index contributed by atoms with van der Waals surface area (Å²) in [7, 11) is 1.61. The summed E-state index contributed by atoms with van der Waals surface area (Å²) >= 11 is 0. The molecule has 0 radical (unpaired) electrons. The van der Waals surface area contributed by atoms with Gasteiger partial charge in [-0.2, -0.15) is 5.10 Å². The van der Waals surface area contributed by atoms with Crippen molar-refractivity contribution in [3.05, 3.63) is 76.2 Å². The van der Waals surface area contributed by atoms with Gasteiger partial charge >= 0.3 is 0 Å². The number of aryl methyl sites for hydroxylation is 1. The van der Waals surface area contributed by atoms with Crippen LogP contribution in [0.4, 0.5) is 8.78 Å². The zero-order chi connectivity index (χ0) is 24.5. The van der Waals surface area contributed by atoms with Gasteiger partial charge < -0.3 is 4.74 Å². The summed E-state index contributed by atoms with van der Waals surface area (Å²) in [6.07, 6.45) is 8.10. The van der Waals surface area contributed by atoms with Crippen molar-refractivity contribution in [1.29, 1.82) is 0 Å². The number of halogens is 2. The van der Waals surface area contributed by atoms with Crippen molar-refractivity contribution in [1.82, 2.24) is 24.3 Å². The van der Waals surface area contributed by atoms with Gasteiger partial charge in [0.05, 0.1) is 11.4 Å². The molecule has 1 aliphatic carbocycles. The summed E-state index contributed by atoms with van der Waals surface area (Å²) in [5.41, 5.74) is 1.30. The number of hydrogen-bond acceptors (Lipinski definition) is 5. The monoisotopic (exact) mass is 479 g/mol. The molecule has 9 heteroatoms. The van der Waals surface area contributed by atoms with Crippen molar-refractivity contribution >= 4 is 11.0 Å². The van der Waals surface area contributed by atoms with Gasteiger partial charge in [-0.25, -0.2) is 18.7 Å². The molecule has 4 heterocycles. The maximum Gasteiger partial charge on any atom is 0.263 e. The average molecular weight is 480 g/mol. The number of ether oxygens (including phenoxy) is 1. The molecule has 3 aromatic heterocycles. The lowest BCUT2D eigenvalue weighted by Crippen LogP contribution is -2.23. The molecule has 0 amide bonds. The van der Waals surface area contributed by atoms with E-state index in [4.69, 9.17) is 4.74 Å². The fraction of sp³-hybridized carbons (Fsp3) is 0.385. The molecular formula is C26H27F2N5O2. The van der Waals surface area contributed by atoms with Crippen molar-refractivity contribution in [2.75, 3.05) is 13.2 Å². The van der Waals surface area contributed by atoms with Gasteiger partial charge in [-0.3, -0.25) is 14.0 Å². The Morgan fingerprint density at radius 1 is 1.03 bits per heavy atom. The largest absolute Gasteiger partial charge is 0.381 e. The van der Waals surface area contributed by atoms with Crippen LogP contribution in [0.3, 0.4) is 0 Å². The van der Waals surface area contributed by atoms with E-state index in [1.807, 2.05) is 23.1 Å². The SMILES string of the molecule is Cc1nc2nc(C3CCOCC3)cc(-c3ccc(F)cc3F)c2c(=O)n1C.c1cnn(C2CC2)c1. The van der Waals surface area contributed by atoms with Gasteiger partial charge in [-0.1, -0.05) is 0 Å². The van der Waals surface area contributed by atoms with Gasteiger partial charge in [0, 0.05) is 61.5 Å². The Balaban J connectivity index is 0.000000265. The summed E-state index contributed by atoms with van der Waals surface area (Å²) in [5.74, 6) is -0.713. The molecule has 0 N–H and O–H groups in total. The van der Waals surface area contributed by atoms with E-state index in [1.165, 1.54) is 29.5 Å². The highest BCUT2D eigenvalue weighted by Crippen LogP contribution is 2.34. The molecule has 0 spiro atoms. The topological polar surface area (TPSA) is 74.8 Å².